The van der Waals surface area contributed by atoms with Gasteiger partial charge in [-0.15, -0.1) is 0 Å². The van der Waals surface area contributed by atoms with Crippen LogP contribution in [-0.4, -0.2) is 12.2 Å². The van der Waals surface area contributed by atoms with Crippen LogP contribution in [0.3, 0.4) is 0 Å². The summed E-state index contributed by atoms with van der Waals surface area (Å²) in [6.45, 7) is 0. The molecule has 3 aromatic rings. The van der Waals surface area contributed by atoms with Crippen LogP contribution in [0, 0.1) is 0 Å². The van der Waals surface area contributed by atoms with Gasteiger partial charge >= 0.3 is 0 Å². The minimum atomic E-state index is -0.629. The monoisotopic (exact) mass is 290 g/mol. The van der Waals surface area contributed by atoms with E-state index in [0.717, 1.165) is 22.4 Å². The molecule has 0 radical (unpaired) electrons. The summed E-state index contributed by atoms with van der Waals surface area (Å²) < 4.78 is 5.14. The molecule has 0 aliphatic carbocycles. The minimum Gasteiger partial charge on any atom is -0.497 e. The van der Waals surface area contributed by atoms with Gasteiger partial charge < -0.3 is 9.84 Å². The molecule has 0 heterocycles. The third-order valence-electron chi connectivity index (χ3n) is 3.77. The average molecular weight is 290 g/mol. The van der Waals surface area contributed by atoms with Crippen molar-refractivity contribution in [2.75, 3.05) is 7.11 Å². The van der Waals surface area contributed by atoms with Gasteiger partial charge in [-0.1, -0.05) is 66.7 Å². The number of benzene rings is 3. The molecule has 2 nitrogen and oxygen atoms in total. The molecule has 22 heavy (non-hydrogen) atoms. The van der Waals surface area contributed by atoms with Crippen LogP contribution in [-0.2, 0) is 0 Å². The van der Waals surface area contributed by atoms with Crippen LogP contribution in [0.5, 0.6) is 5.75 Å². The summed E-state index contributed by atoms with van der Waals surface area (Å²) in [4.78, 5) is 0. The van der Waals surface area contributed by atoms with Crippen molar-refractivity contribution < 1.29 is 9.84 Å². The summed E-state index contributed by atoms with van der Waals surface area (Å²) in [6.07, 6.45) is -0.629. The van der Waals surface area contributed by atoms with E-state index in [2.05, 4.69) is 12.1 Å². The number of ether oxygens (including phenoxy) is 1. The first-order chi connectivity index (χ1) is 10.8. The zero-order valence-electron chi connectivity index (χ0n) is 12.4. The Balaban J connectivity index is 1.82. The lowest BCUT2D eigenvalue weighted by Gasteiger charge is -2.13. The Hall–Kier alpha value is -2.58. The molecule has 1 atom stereocenters. The molecule has 0 spiro atoms. The Bertz CT molecular complexity index is 716. The molecule has 110 valence electrons. The molecule has 2 heteroatoms. The molecule has 3 aromatic carbocycles. The van der Waals surface area contributed by atoms with Crippen LogP contribution in [0.25, 0.3) is 11.1 Å². The summed E-state index contributed by atoms with van der Waals surface area (Å²) in [5.74, 6) is 0.787. The Morgan fingerprint density at radius 2 is 1.18 bits per heavy atom. The maximum Gasteiger partial charge on any atom is 0.118 e. The van der Waals surface area contributed by atoms with Crippen molar-refractivity contribution in [3.05, 3.63) is 90.0 Å². The molecule has 0 saturated heterocycles. The van der Waals surface area contributed by atoms with Gasteiger partial charge in [0.1, 0.15) is 11.9 Å². The van der Waals surface area contributed by atoms with Crippen molar-refractivity contribution in [2.24, 2.45) is 0 Å². The molecule has 0 saturated carbocycles. The molecular formula is C20H18O2. The summed E-state index contributed by atoms with van der Waals surface area (Å²) in [6, 6.07) is 25.7. The molecule has 1 N–H and O–H groups in total. The predicted molar refractivity (Wildman–Crippen MR) is 88.9 cm³/mol. The summed E-state index contributed by atoms with van der Waals surface area (Å²) in [7, 11) is 1.63. The number of aliphatic hydroxyl groups excluding tert-OH is 1. The summed E-state index contributed by atoms with van der Waals surface area (Å²) in [5.41, 5.74) is 4.05. The highest BCUT2D eigenvalue weighted by molar-refractivity contribution is 5.63. The van der Waals surface area contributed by atoms with E-state index < -0.39 is 6.10 Å². The van der Waals surface area contributed by atoms with E-state index in [1.165, 1.54) is 5.56 Å². The Kier molecular flexibility index (Phi) is 4.22. The second-order valence-corrected chi connectivity index (χ2v) is 5.16. The van der Waals surface area contributed by atoms with Crippen molar-refractivity contribution in [3.8, 4) is 16.9 Å². The topological polar surface area (TPSA) is 29.5 Å². The number of methoxy groups -OCH3 is 1. The third kappa shape index (κ3) is 3.02. The van der Waals surface area contributed by atoms with Crippen molar-refractivity contribution in [1.29, 1.82) is 0 Å². The van der Waals surface area contributed by atoms with E-state index in [0.29, 0.717) is 0 Å². The fourth-order valence-corrected chi connectivity index (χ4v) is 2.47. The molecular weight excluding hydrogens is 272 g/mol. The van der Waals surface area contributed by atoms with Crippen molar-refractivity contribution in [1.82, 2.24) is 0 Å². The normalized spacial score (nSPS) is 11.9. The lowest BCUT2D eigenvalue weighted by atomic mass is 9.98. The number of hydrogen-bond donors (Lipinski definition) is 1. The number of aliphatic hydroxyl groups is 1. The quantitative estimate of drug-likeness (QED) is 0.769. The average Bonchev–Trinajstić information content (AvgIpc) is 2.62. The van der Waals surface area contributed by atoms with Gasteiger partial charge in [0.05, 0.1) is 7.11 Å². The molecule has 0 bridgehead atoms. The Morgan fingerprint density at radius 1 is 0.682 bits per heavy atom. The first-order valence-electron chi connectivity index (χ1n) is 7.25. The molecule has 0 aliphatic heterocycles. The van der Waals surface area contributed by atoms with Crippen molar-refractivity contribution in [3.63, 3.8) is 0 Å². The lowest BCUT2D eigenvalue weighted by Crippen LogP contribution is -1.99. The highest BCUT2D eigenvalue weighted by atomic mass is 16.5. The largest absolute Gasteiger partial charge is 0.497 e. The van der Waals surface area contributed by atoms with Gasteiger partial charge in [0.2, 0.25) is 0 Å². The third-order valence-corrected chi connectivity index (χ3v) is 3.77. The fourth-order valence-electron chi connectivity index (χ4n) is 2.47. The van der Waals surface area contributed by atoms with Crippen LogP contribution in [0.2, 0.25) is 0 Å². The van der Waals surface area contributed by atoms with E-state index in [9.17, 15) is 5.11 Å². The first kappa shape index (κ1) is 14.4. The highest BCUT2D eigenvalue weighted by Gasteiger charge is 2.10. The van der Waals surface area contributed by atoms with Crippen LogP contribution >= 0.6 is 0 Å². The van der Waals surface area contributed by atoms with E-state index in [4.69, 9.17) is 4.74 Å². The molecule has 0 amide bonds. The van der Waals surface area contributed by atoms with Gasteiger partial charge in [-0.3, -0.25) is 0 Å². The molecule has 3 rings (SSSR count). The van der Waals surface area contributed by atoms with E-state index in [-0.39, 0.29) is 0 Å². The van der Waals surface area contributed by atoms with Gasteiger partial charge in [0.15, 0.2) is 0 Å². The maximum absolute atomic E-state index is 10.5. The summed E-state index contributed by atoms with van der Waals surface area (Å²) in [5, 5.41) is 10.5. The minimum absolute atomic E-state index is 0.629. The van der Waals surface area contributed by atoms with Crippen LogP contribution in [0.15, 0.2) is 78.9 Å². The van der Waals surface area contributed by atoms with E-state index in [1.54, 1.807) is 7.11 Å². The van der Waals surface area contributed by atoms with Gasteiger partial charge in [0.25, 0.3) is 0 Å². The molecule has 0 fully saturated rings. The smallest absolute Gasteiger partial charge is 0.118 e. The van der Waals surface area contributed by atoms with Gasteiger partial charge in [0, 0.05) is 0 Å². The van der Waals surface area contributed by atoms with Crippen molar-refractivity contribution in [2.45, 2.75) is 6.10 Å². The molecule has 0 aromatic heterocycles. The second kappa shape index (κ2) is 6.46. The Morgan fingerprint density at radius 3 is 1.73 bits per heavy atom. The van der Waals surface area contributed by atoms with Gasteiger partial charge in [-0.25, -0.2) is 0 Å². The predicted octanol–water partition coefficient (Wildman–Crippen LogP) is 4.44. The maximum atomic E-state index is 10.5. The highest BCUT2D eigenvalue weighted by Crippen LogP contribution is 2.26. The zero-order chi connectivity index (χ0) is 15.4. The van der Waals surface area contributed by atoms with E-state index >= 15 is 0 Å². The molecule has 0 aliphatic rings. The first-order valence-corrected chi connectivity index (χ1v) is 7.25. The second-order valence-electron chi connectivity index (χ2n) is 5.16. The number of rotatable bonds is 4. The van der Waals surface area contributed by atoms with Crippen LogP contribution < -0.4 is 4.74 Å². The Labute approximate surface area is 130 Å². The van der Waals surface area contributed by atoms with Gasteiger partial charge in [-0.2, -0.15) is 0 Å². The number of hydrogen-bond acceptors (Lipinski definition) is 2. The fraction of sp³-hybridized carbons (Fsp3) is 0.100. The van der Waals surface area contributed by atoms with Gasteiger partial charge in [-0.05, 0) is 34.4 Å². The van der Waals surface area contributed by atoms with E-state index in [1.807, 2.05) is 66.7 Å². The summed E-state index contributed by atoms with van der Waals surface area (Å²) >= 11 is 0. The SMILES string of the molecule is COc1ccc(C(O)c2ccc(-c3ccccc3)cc2)cc1. The zero-order valence-corrected chi connectivity index (χ0v) is 12.4. The van der Waals surface area contributed by atoms with Crippen LogP contribution in [0.4, 0.5) is 0 Å². The molecule has 1 unspecified atom stereocenters. The van der Waals surface area contributed by atoms with Crippen LogP contribution in [0.1, 0.15) is 17.2 Å². The van der Waals surface area contributed by atoms with Crippen molar-refractivity contribution >= 4 is 0 Å². The standard InChI is InChI=1S/C20H18O2/c1-22-19-13-11-18(12-14-19)20(21)17-9-7-16(8-10-17)15-5-3-2-4-6-15/h2-14,20-21H,1H3. The lowest BCUT2D eigenvalue weighted by molar-refractivity contribution is 0.220.